The summed E-state index contributed by atoms with van der Waals surface area (Å²) in [5, 5.41) is 15.0. The van der Waals surface area contributed by atoms with Crippen LogP contribution in [0.5, 0.6) is 11.5 Å². The fourth-order valence-electron chi connectivity index (χ4n) is 5.59. The maximum absolute atomic E-state index is 13.4. The number of piperidine rings is 1. The molecule has 1 fully saturated rings. The highest BCUT2D eigenvalue weighted by Gasteiger charge is 2.36. The molecular weight excluding hydrogens is 488 g/mol. The van der Waals surface area contributed by atoms with Gasteiger partial charge in [-0.1, -0.05) is 12.1 Å². The first-order chi connectivity index (χ1) is 18.4. The number of fused-ring (bicyclic) bond motifs is 4. The second-order valence-electron chi connectivity index (χ2n) is 9.76. The zero-order chi connectivity index (χ0) is 26.8. The number of nitro benzene ring substituents is 1. The molecule has 38 heavy (non-hydrogen) atoms. The Balaban J connectivity index is 1.28. The largest absolute Gasteiger partial charge is 0.493 e. The highest BCUT2D eigenvalue weighted by atomic mass is 16.6. The Morgan fingerprint density at radius 1 is 1.05 bits per heavy atom. The summed E-state index contributed by atoms with van der Waals surface area (Å²) in [5.41, 5.74) is 2.43. The second kappa shape index (κ2) is 10.6. The molecule has 2 aliphatic rings. The normalized spacial score (nSPS) is 17.9. The summed E-state index contributed by atoms with van der Waals surface area (Å²) >= 11 is 0. The van der Waals surface area contributed by atoms with Crippen molar-refractivity contribution in [2.24, 2.45) is 5.92 Å². The lowest BCUT2D eigenvalue weighted by atomic mass is 9.83. The molecule has 0 saturated carbocycles. The molecule has 0 spiro atoms. The van der Waals surface area contributed by atoms with Crippen LogP contribution in [0.25, 0.3) is 0 Å². The number of nitrogens with one attached hydrogen (secondary N) is 1. The molecule has 0 radical (unpaired) electrons. The predicted octanol–water partition coefficient (Wildman–Crippen LogP) is 3.69. The number of nitrogens with zero attached hydrogens (tertiary/aromatic N) is 3. The number of anilines is 1. The smallest absolute Gasteiger partial charge is 0.293 e. The summed E-state index contributed by atoms with van der Waals surface area (Å²) in [6.45, 7) is 2.05. The van der Waals surface area contributed by atoms with Crippen molar-refractivity contribution in [3.8, 4) is 11.5 Å². The van der Waals surface area contributed by atoms with Gasteiger partial charge >= 0.3 is 0 Å². The van der Waals surface area contributed by atoms with Crippen LogP contribution in [0.1, 0.15) is 34.0 Å². The van der Waals surface area contributed by atoms with E-state index in [1.54, 1.807) is 43.4 Å². The number of methoxy groups -OCH3 is 2. The number of hydrogen-bond acceptors (Lipinski definition) is 7. The van der Waals surface area contributed by atoms with E-state index in [1.165, 1.54) is 6.07 Å². The molecule has 198 valence electrons. The van der Waals surface area contributed by atoms with Gasteiger partial charge in [0, 0.05) is 55.5 Å². The minimum atomic E-state index is -0.469. The second-order valence-corrected chi connectivity index (χ2v) is 9.76. The van der Waals surface area contributed by atoms with Crippen LogP contribution in [0.4, 0.5) is 11.4 Å². The van der Waals surface area contributed by atoms with Crippen LogP contribution < -0.4 is 20.3 Å². The van der Waals surface area contributed by atoms with E-state index < -0.39 is 4.92 Å². The van der Waals surface area contributed by atoms with Gasteiger partial charge in [0.05, 0.1) is 19.1 Å². The summed E-state index contributed by atoms with van der Waals surface area (Å²) in [7, 11) is 3.15. The molecule has 1 aromatic heterocycles. The zero-order valence-corrected chi connectivity index (χ0v) is 21.4. The van der Waals surface area contributed by atoms with Crippen LogP contribution in [0.3, 0.4) is 0 Å². The van der Waals surface area contributed by atoms with Gasteiger partial charge in [0.25, 0.3) is 17.2 Å². The van der Waals surface area contributed by atoms with Crippen molar-refractivity contribution in [1.82, 2.24) is 9.47 Å². The van der Waals surface area contributed by atoms with Crippen molar-refractivity contribution >= 4 is 17.3 Å². The van der Waals surface area contributed by atoms with Gasteiger partial charge in [-0.15, -0.1) is 0 Å². The third kappa shape index (κ3) is 4.93. The summed E-state index contributed by atoms with van der Waals surface area (Å²) in [6.07, 6.45) is 1.54. The molecule has 2 aromatic carbocycles. The molecule has 1 saturated heterocycles. The molecule has 3 aromatic rings. The minimum Gasteiger partial charge on any atom is -0.493 e. The van der Waals surface area contributed by atoms with Gasteiger partial charge in [0.1, 0.15) is 5.69 Å². The third-order valence-corrected chi connectivity index (χ3v) is 7.39. The van der Waals surface area contributed by atoms with Gasteiger partial charge in [-0.25, -0.2) is 0 Å². The average molecular weight is 519 g/mol. The third-order valence-electron chi connectivity index (χ3n) is 7.39. The molecule has 1 amide bonds. The number of carbonyl (C=O) groups excluding carboxylic acids is 1. The molecule has 1 N–H and O–H groups in total. The van der Waals surface area contributed by atoms with E-state index in [9.17, 15) is 19.7 Å². The zero-order valence-electron chi connectivity index (χ0n) is 21.4. The first-order valence-corrected chi connectivity index (χ1v) is 12.6. The Hall–Kier alpha value is -4.34. The van der Waals surface area contributed by atoms with Crippen molar-refractivity contribution in [3.63, 3.8) is 0 Å². The standard InChI is InChI=1S/C28H30N4O6/c1-37-25-9-6-18(13-26(25)38-2)10-11-29-22-8-7-20(14-24(22)32(35)36)28(34)30-15-19-12-21(17-30)23-4-3-5-27(33)31(23)16-19/h3-9,13-14,19,21,29H,10-12,15-17H2,1-2H3/t19-,21+/m1/s1. The summed E-state index contributed by atoms with van der Waals surface area (Å²) in [5.74, 6) is 1.28. The first kappa shape index (κ1) is 25.3. The molecular formula is C28H30N4O6. The number of ether oxygens (including phenoxy) is 2. The fraction of sp³-hybridized carbons (Fsp3) is 0.357. The van der Waals surface area contributed by atoms with Crippen molar-refractivity contribution in [1.29, 1.82) is 0 Å². The molecule has 0 aliphatic carbocycles. The van der Waals surface area contributed by atoms with E-state index in [2.05, 4.69) is 5.32 Å². The summed E-state index contributed by atoms with van der Waals surface area (Å²) < 4.78 is 12.4. The SMILES string of the molecule is COc1ccc(CCNc2ccc(C(=O)N3C[C@H]4C[C@@H](C3)c3cccc(=O)n3C4)cc2[N+](=O)[O-])cc1OC. The monoisotopic (exact) mass is 518 g/mol. The van der Waals surface area contributed by atoms with Gasteiger partial charge in [-0.3, -0.25) is 19.7 Å². The number of rotatable bonds is 8. The Morgan fingerprint density at radius 2 is 1.87 bits per heavy atom. The van der Waals surface area contributed by atoms with Crippen LogP contribution >= 0.6 is 0 Å². The average Bonchev–Trinajstić information content (AvgIpc) is 2.93. The van der Waals surface area contributed by atoms with Crippen molar-refractivity contribution in [2.75, 3.05) is 39.2 Å². The molecule has 5 rings (SSSR count). The van der Waals surface area contributed by atoms with Gasteiger partial charge in [-0.05, 0) is 54.7 Å². The van der Waals surface area contributed by atoms with E-state index >= 15 is 0 Å². The number of hydrogen-bond donors (Lipinski definition) is 1. The van der Waals surface area contributed by atoms with Crippen LogP contribution in [-0.4, -0.2) is 54.2 Å². The molecule has 3 heterocycles. The Labute approximate surface area is 219 Å². The first-order valence-electron chi connectivity index (χ1n) is 12.6. The lowest BCUT2D eigenvalue weighted by molar-refractivity contribution is -0.384. The highest BCUT2D eigenvalue weighted by molar-refractivity contribution is 5.96. The van der Waals surface area contributed by atoms with Crippen LogP contribution in [0.2, 0.25) is 0 Å². The van der Waals surface area contributed by atoms with Crippen LogP contribution in [0, 0.1) is 16.0 Å². The predicted molar refractivity (Wildman–Crippen MR) is 142 cm³/mol. The van der Waals surface area contributed by atoms with Gasteiger partial charge in [0.2, 0.25) is 0 Å². The maximum atomic E-state index is 13.4. The summed E-state index contributed by atoms with van der Waals surface area (Å²) in [4.78, 5) is 38.8. The van der Waals surface area contributed by atoms with Crippen LogP contribution in [-0.2, 0) is 13.0 Å². The maximum Gasteiger partial charge on any atom is 0.293 e. The van der Waals surface area contributed by atoms with E-state index in [0.29, 0.717) is 49.8 Å². The lowest BCUT2D eigenvalue weighted by Crippen LogP contribution is -2.49. The molecule has 10 heteroatoms. The number of pyridine rings is 1. The Kier molecular flexibility index (Phi) is 7.04. The van der Waals surface area contributed by atoms with Gasteiger partial charge < -0.3 is 24.3 Å². The number of aromatic nitrogens is 1. The number of benzene rings is 2. The Bertz CT molecular complexity index is 1440. The minimum absolute atomic E-state index is 0.0122. The molecule has 10 nitrogen and oxygen atoms in total. The molecule has 2 bridgehead atoms. The van der Waals surface area contributed by atoms with Gasteiger partial charge in [0.15, 0.2) is 11.5 Å². The van der Waals surface area contributed by atoms with Gasteiger partial charge in [-0.2, -0.15) is 0 Å². The van der Waals surface area contributed by atoms with E-state index in [4.69, 9.17) is 9.47 Å². The lowest BCUT2D eigenvalue weighted by Gasteiger charge is -2.42. The summed E-state index contributed by atoms with van der Waals surface area (Å²) in [6, 6.07) is 15.5. The molecule has 2 atom stereocenters. The number of likely N-dealkylation sites (tertiary alicyclic amines) is 1. The topological polar surface area (TPSA) is 116 Å². The van der Waals surface area contributed by atoms with E-state index in [0.717, 1.165) is 17.7 Å². The van der Waals surface area contributed by atoms with Crippen molar-refractivity contribution in [2.45, 2.75) is 25.3 Å². The quantitative estimate of drug-likeness (QED) is 0.357. The van der Waals surface area contributed by atoms with E-state index in [-0.39, 0.29) is 34.6 Å². The Morgan fingerprint density at radius 3 is 2.63 bits per heavy atom. The molecule has 0 unspecified atom stereocenters. The number of amides is 1. The van der Waals surface area contributed by atoms with Crippen molar-refractivity contribution in [3.05, 3.63) is 91.9 Å². The van der Waals surface area contributed by atoms with Crippen LogP contribution in [0.15, 0.2) is 59.4 Å². The fourth-order valence-corrected chi connectivity index (χ4v) is 5.59. The highest BCUT2D eigenvalue weighted by Crippen LogP contribution is 2.36. The van der Waals surface area contributed by atoms with Crippen molar-refractivity contribution < 1.29 is 19.2 Å². The molecule has 2 aliphatic heterocycles. The number of nitro groups is 1. The van der Waals surface area contributed by atoms with E-state index in [1.807, 2.05) is 28.8 Å². The number of carbonyl (C=O) groups is 1.